The summed E-state index contributed by atoms with van der Waals surface area (Å²) >= 11 is 6.38. The number of nitrogens with zero attached hydrogens (tertiary/aromatic N) is 1. The zero-order valence-corrected chi connectivity index (χ0v) is 10.8. The second kappa shape index (κ2) is 5.24. The quantitative estimate of drug-likeness (QED) is 0.748. The van der Waals surface area contributed by atoms with Gasteiger partial charge in [0.05, 0.1) is 6.26 Å². The van der Waals surface area contributed by atoms with Gasteiger partial charge >= 0.3 is 0 Å². The molecule has 0 spiro atoms. The number of rotatable bonds is 3. The molecule has 90 valence electrons. The third kappa shape index (κ3) is 2.61. The summed E-state index contributed by atoms with van der Waals surface area (Å²) in [7, 11) is 0. The summed E-state index contributed by atoms with van der Waals surface area (Å²) in [6, 6.07) is 5.13. The molecule has 0 amide bonds. The highest BCUT2D eigenvalue weighted by Gasteiger charge is 2.27. The van der Waals surface area contributed by atoms with Gasteiger partial charge in [-0.2, -0.15) is 0 Å². The van der Waals surface area contributed by atoms with Crippen LogP contribution in [0.25, 0.3) is 0 Å². The fourth-order valence-corrected chi connectivity index (χ4v) is 2.86. The molecule has 1 aromatic heterocycles. The van der Waals surface area contributed by atoms with Crippen molar-refractivity contribution in [1.82, 2.24) is 4.90 Å². The predicted octanol–water partition coefficient (Wildman–Crippen LogP) is 3.82. The molecule has 0 saturated carbocycles. The minimum Gasteiger partial charge on any atom is -0.468 e. The van der Waals surface area contributed by atoms with Crippen molar-refractivity contribution in [2.24, 2.45) is 0 Å². The first-order valence-electron chi connectivity index (χ1n) is 6.11. The van der Waals surface area contributed by atoms with E-state index in [1.165, 1.54) is 19.3 Å². The minimum atomic E-state index is -0.0296. The maximum Gasteiger partial charge on any atom is 0.122 e. The Morgan fingerprint density at radius 3 is 2.69 bits per heavy atom. The monoisotopic (exact) mass is 241 g/mol. The standard InChI is InChI=1S/C13H20ClNO/c1-10-5-3-6-11(2)15(10)9-12(14)13-7-4-8-16-13/h4,7-8,10-12H,3,5-6,9H2,1-2H3. The van der Waals surface area contributed by atoms with Gasteiger partial charge in [0, 0.05) is 18.6 Å². The van der Waals surface area contributed by atoms with E-state index < -0.39 is 0 Å². The molecule has 0 bridgehead atoms. The average Bonchev–Trinajstić information content (AvgIpc) is 2.76. The minimum absolute atomic E-state index is 0.0296. The normalized spacial score (nSPS) is 29.2. The van der Waals surface area contributed by atoms with E-state index in [-0.39, 0.29) is 5.38 Å². The van der Waals surface area contributed by atoms with Crippen LogP contribution in [0.5, 0.6) is 0 Å². The number of alkyl halides is 1. The smallest absolute Gasteiger partial charge is 0.122 e. The average molecular weight is 242 g/mol. The van der Waals surface area contributed by atoms with Crippen molar-refractivity contribution in [3.05, 3.63) is 24.2 Å². The summed E-state index contributed by atoms with van der Waals surface area (Å²) in [5.74, 6) is 0.881. The van der Waals surface area contributed by atoms with E-state index in [1.54, 1.807) is 6.26 Å². The Morgan fingerprint density at radius 1 is 1.44 bits per heavy atom. The van der Waals surface area contributed by atoms with Gasteiger partial charge in [-0.15, -0.1) is 11.6 Å². The first-order valence-corrected chi connectivity index (χ1v) is 6.55. The van der Waals surface area contributed by atoms with Gasteiger partial charge in [0.15, 0.2) is 0 Å². The Balaban J connectivity index is 1.97. The molecule has 3 atom stereocenters. The number of halogens is 1. The predicted molar refractivity (Wildman–Crippen MR) is 66.8 cm³/mol. The van der Waals surface area contributed by atoms with Crippen LogP contribution in [0, 0.1) is 0 Å². The van der Waals surface area contributed by atoms with Crippen molar-refractivity contribution < 1.29 is 4.42 Å². The first kappa shape index (κ1) is 12.0. The Bertz CT molecular complexity index is 302. The number of hydrogen-bond acceptors (Lipinski definition) is 2. The second-order valence-electron chi connectivity index (χ2n) is 4.81. The van der Waals surface area contributed by atoms with Crippen LogP contribution >= 0.6 is 11.6 Å². The van der Waals surface area contributed by atoms with E-state index in [0.29, 0.717) is 12.1 Å². The molecule has 0 aliphatic carbocycles. The van der Waals surface area contributed by atoms with E-state index in [4.69, 9.17) is 16.0 Å². The molecule has 0 N–H and O–H groups in total. The molecule has 3 unspecified atom stereocenters. The van der Waals surface area contributed by atoms with Gasteiger partial charge in [0.25, 0.3) is 0 Å². The van der Waals surface area contributed by atoms with Crippen LogP contribution in [0.1, 0.15) is 44.2 Å². The van der Waals surface area contributed by atoms with E-state index in [9.17, 15) is 0 Å². The van der Waals surface area contributed by atoms with Crippen LogP contribution in [0.4, 0.5) is 0 Å². The molecule has 2 heterocycles. The lowest BCUT2D eigenvalue weighted by molar-refractivity contribution is 0.101. The Kier molecular flexibility index (Phi) is 3.93. The van der Waals surface area contributed by atoms with E-state index in [1.807, 2.05) is 12.1 Å². The number of furan rings is 1. The van der Waals surface area contributed by atoms with Gasteiger partial charge in [-0.25, -0.2) is 0 Å². The molecular weight excluding hydrogens is 222 g/mol. The molecule has 3 heteroatoms. The highest BCUT2D eigenvalue weighted by atomic mass is 35.5. The van der Waals surface area contributed by atoms with Crippen LogP contribution in [-0.4, -0.2) is 23.5 Å². The van der Waals surface area contributed by atoms with Crippen molar-refractivity contribution in [2.45, 2.75) is 50.6 Å². The third-order valence-corrected chi connectivity index (χ3v) is 3.95. The summed E-state index contributed by atoms with van der Waals surface area (Å²) in [5, 5.41) is -0.0296. The molecule has 1 aliphatic rings. The van der Waals surface area contributed by atoms with Gasteiger partial charge in [0.2, 0.25) is 0 Å². The molecular formula is C13H20ClNO. The van der Waals surface area contributed by atoms with Crippen molar-refractivity contribution in [3.8, 4) is 0 Å². The van der Waals surface area contributed by atoms with Crippen LogP contribution < -0.4 is 0 Å². The SMILES string of the molecule is CC1CCCC(C)N1CC(Cl)c1ccco1. The summed E-state index contributed by atoms with van der Waals surface area (Å²) in [6.07, 6.45) is 5.60. The summed E-state index contributed by atoms with van der Waals surface area (Å²) in [6.45, 7) is 5.47. The summed E-state index contributed by atoms with van der Waals surface area (Å²) in [5.41, 5.74) is 0. The molecule has 1 aromatic rings. The summed E-state index contributed by atoms with van der Waals surface area (Å²) < 4.78 is 5.35. The lowest BCUT2D eigenvalue weighted by Gasteiger charge is -2.39. The molecule has 2 nitrogen and oxygen atoms in total. The Morgan fingerprint density at radius 2 is 2.12 bits per heavy atom. The zero-order valence-electron chi connectivity index (χ0n) is 10.0. The first-order chi connectivity index (χ1) is 7.68. The fraction of sp³-hybridized carbons (Fsp3) is 0.692. The van der Waals surface area contributed by atoms with Crippen molar-refractivity contribution in [3.63, 3.8) is 0 Å². The Labute approximate surface area is 103 Å². The van der Waals surface area contributed by atoms with E-state index in [0.717, 1.165) is 12.3 Å². The largest absolute Gasteiger partial charge is 0.468 e. The number of piperidine rings is 1. The second-order valence-corrected chi connectivity index (χ2v) is 5.34. The van der Waals surface area contributed by atoms with Crippen molar-refractivity contribution in [1.29, 1.82) is 0 Å². The maximum atomic E-state index is 6.38. The molecule has 0 aromatic carbocycles. The summed E-state index contributed by atoms with van der Waals surface area (Å²) in [4.78, 5) is 2.50. The topological polar surface area (TPSA) is 16.4 Å². The Hall–Kier alpha value is -0.470. The van der Waals surface area contributed by atoms with Gasteiger partial charge in [0.1, 0.15) is 11.1 Å². The maximum absolute atomic E-state index is 6.38. The fourth-order valence-electron chi connectivity index (χ4n) is 2.58. The number of hydrogen-bond donors (Lipinski definition) is 0. The van der Waals surface area contributed by atoms with Gasteiger partial charge in [-0.1, -0.05) is 6.42 Å². The molecule has 16 heavy (non-hydrogen) atoms. The third-order valence-electron chi connectivity index (χ3n) is 3.60. The van der Waals surface area contributed by atoms with E-state index >= 15 is 0 Å². The molecule has 0 radical (unpaired) electrons. The van der Waals surface area contributed by atoms with Crippen LogP contribution in [0.3, 0.4) is 0 Å². The van der Waals surface area contributed by atoms with Crippen molar-refractivity contribution >= 4 is 11.6 Å². The molecule has 1 saturated heterocycles. The molecule has 2 rings (SSSR count). The highest BCUT2D eigenvalue weighted by Crippen LogP contribution is 2.28. The van der Waals surface area contributed by atoms with Crippen LogP contribution in [0.2, 0.25) is 0 Å². The van der Waals surface area contributed by atoms with E-state index in [2.05, 4.69) is 18.7 Å². The van der Waals surface area contributed by atoms with Crippen LogP contribution in [-0.2, 0) is 0 Å². The molecule has 1 aliphatic heterocycles. The number of likely N-dealkylation sites (tertiary alicyclic amines) is 1. The van der Waals surface area contributed by atoms with Gasteiger partial charge in [-0.05, 0) is 38.8 Å². The van der Waals surface area contributed by atoms with Gasteiger partial charge < -0.3 is 4.42 Å². The lowest BCUT2D eigenvalue weighted by Crippen LogP contribution is -2.45. The van der Waals surface area contributed by atoms with Crippen LogP contribution in [0.15, 0.2) is 22.8 Å². The van der Waals surface area contributed by atoms with Crippen molar-refractivity contribution in [2.75, 3.05) is 6.54 Å². The zero-order chi connectivity index (χ0) is 11.5. The van der Waals surface area contributed by atoms with Gasteiger partial charge in [-0.3, -0.25) is 4.90 Å². The molecule has 1 fully saturated rings. The highest BCUT2D eigenvalue weighted by molar-refractivity contribution is 6.20. The lowest BCUT2D eigenvalue weighted by atomic mass is 9.97.